The Hall–Kier alpha value is -1.33. The van der Waals surface area contributed by atoms with E-state index in [1.54, 1.807) is 0 Å². The summed E-state index contributed by atoms with van der Waals surface area (Å²) in [5.41, 5.74) is 7.86. The summed E-state index contributed by atoms with van der Waals surface area (Å²) in [6.45, 7) is 0.288. The molecule has 0 saturated carbocycles. The smallest absolute Gasteiger partial charge is 0.240 e. The lowest BCUT2D eigenvalue weighted by atomic mass is 10.1. The Morgan fingerprint density at radius 2 is 2.38 bits per heavy atom. The maximum Gasteiger partial charge on any atom is 0.240 e. The maximum absolute atomic E-state index is 5.45. The Balaban J connectivity index is 2.09. The zero-order chi connectivity index (χ0) is 11.0. The van der Waals surface area contributed by atoms with Crippen molar-refractivity contribution in [1.29, 1.82) is 0 Å². The van der Waals surface area contributed by atoms with Gasteiger partial charge < -0.3 is 10.3 Å². The summed E-state index contributed by atoms with van der Waals surface area (Å²) < 4.78 is 5.04. The minimum absolute atomic E-state index is 0.288. The van der Waals surface area contributed by atoms with Gasteiger partial charge in [0.15, 0.2) is 0 Å². The summed E-state index contributed by atoms with van der Waals surface area (Å²) in [6, 6.07) is 6.21. The van der Waals surface area contributed by atoms with Gasteiger partial charge in [-0.05, 0) is 18.1 Å². The van der Waals surface area contributed by atoms with Gasteiger partial charge in [-0.3, -0.25) is 0 Å². The quantitative estimate of drug-likeness (QED) is 0.857. The van der Waals surface area contributed by atoms with Crippen molar-refractivity contribution in [3.8, 4) is 11.4 Å². The Kier molecular flexibility index (Phi) is 2.41. The van der Waals surface area contributed by atoms with Crippen LogP contribution in [-0.2, 0) is 13.0 Å². The summed E-state index contributed by atoms with van der Waals surface area (Å²) in [6.07, 6.45) is 1.07. The second-order valence-corrected chi connectivity index (χ2v) is 4.73. The number of nitrogens with two attached hydrogens (primary N) is 1. The SMILES string of the molecule is NCc1nc(-c2cccc3c2CCS3)no1. The molecule has 0 bridgehead atoms. The normalized spacial score (nSPS) is 14.1. The summed E-state index contributed by atoms with van der Waals surface area (Å²) in [5.74, 6) is 2.27. The Morgan fingerprint density at radius 1 is 1.44 bits per heavy atom. The van der Waals surface area contributed by atoms with Gasteiger partial charge >= 0.3 is 0 Å². The Labute approximate surface area is 97.2 Å². The first-order valence-electron chi connectivity index (χ1n) is 5.16. The van der Waals surface area contributed by atoms with E-state index in [2.05, 4.69) is 16.2 Å². The van der Waals surface area contributed by atoms with E-state index in [0.29, 0.717) is 11.7 Å². The van der Waals surface area contributed by atoms with Crippen molar-refractivity contribution in [2.75, 3.05) is 5.75 Å². The van der Waals surface area contributed by atoms with Crippen LogP contribution in [0.4, 0.5) is 0 Å². The number of fused-ring (bicyclic) bond motifs is 1. The molecule has 0 amide bonds. The molecule has 2 heterocycles. The van der Waals surface area contributed by atoms with Gasteiger partial charge in [0.25, 0.3) is 0 Å². The lowest BCUT2D eigenvalue weighted by Gasteiger charge is -2.02. The van der Waals surface area contributed by atoms with Gasteiger partial charge in [-0.25, -0.2) is 0 Å². The minimum Gasteiger partial charge on any atom is -0.338 e. The highest BCUT2D eigenvalue weighted by molar-refractivity contribution is 7.99. The van der Waals surface area contributed by atoms with Crippen LogP contribution >= 0.6 is 11.8 Å². The standard InChI is InChI=1S/C11H11N3OS/c12-6-10-13-11(14-15-10)8-2-1-3-9-7(8)4-5-16-9/h1-3H,4-6,12H2. The maximum atomic E-state index is 5.45. The number of hydrogen-bond donors (Lipinski definition) is 1. The molecule has 0 saturated heterocycles. The van der Waals surface area contributed by atoms with Gasteiger partial charge in [-0.15, -0.1) is 11.8 Å². The number of hydrogen-bond acceptors (Lipinski definition) is 5. The van der Waals surface area contributed by atoms with Gasteiger partial charge in [-0.2, -0.15) is 4.98 Å². The number of rotatable bonds is 2. The zero-order valence-corrected chi connectivity index (χ0v) is 9.46. The fraction of sp³-hybridized carbons (Fsp3) is 0.273. The van der Waals surface area contributed by atoms with Crippen molar-refractivity contribution in [2.45, 2.75) is 17.9 Å². The third-order valence-corrected chi connectivity index (χ3v) is 3.73. The number of thioether (sulfide) groups is 1. The highest BCUT2D eigenvalue weighted by Gasteiger charge is 2.18. The van der Waals surface area contributed by atoms with Crippen molar-refractivity contribution in [3.05, 3.63) is 29.7 Å². The Bertz CT molecular complexity index is 524. The van der Waals surface area contributed by atoms with Gasteiger partial charge in [0.1, 0.15) is 0 Å². The molecular formula is C11H11N3OS. The van der Waals surface area contributed by atoms with E-state index in [0.717, 1.165) is 17.7 Å². The summed E-state index contributed by atoms with van der Waals surface area (Å²) in [7, 11) is 0. The van der Waals surface area contributed by atoms with Gasteiger partial charge in [-0.1, -0.05) is 17.3 Å². The number of aromatic nitrogens is 2. The van der Waals surface area contributed by atoms with Crippen LogP contribution in [-0.4, -0.2) is 15.9 Å². The molecule has 5 heteroatoms. The third-order valence-electron chi connectivity index (χ3n) is 2.63. The van der Waals surface area contributed by atoms with Gasteiger partial charge in [0, 0.05) is 16.2 Å². The van der Waals surface area contributed by atoms with Gasteiger partial charge in [0.2, 0.25) is 11.7 Å². The first kappa shape index (κ1) is 9.86. The molecule has 16 heavy (non-hydrogen) atoms. The fourth-order valence-electron chi connectivity index (χ4n) is 1.88. The lowest BCUT2D eigenvalue weighted by molar-refractivity contribution is 0.380. The van der Waals surface area contributed by atoms with E-state index in [4.69, 9.17) is 10.3 Å². The second-order valence-electron chi connectivity index (χ2n) is 3.60. The molecule has 1 aliphatic heterocycles. The van der Waals surface area contributed by atoms with Crippen LogP contribution in [0.25, 0.3) is 11.4 Å². The molecule has 2 N–H and O–H groups in total. The summed E-state index contributed by atoms with van der Waals surface area (Å²) >= 11 is 1.88. The molecule has 1 aromatic heterocycles. The average Bonchev–Trinajstić information content (AvgIpc) is 2.97. The molecule has 4 nitrogen and oxygen atoms in total. The first-order chi connectivity index (χ1) is 7.88. The largest absolute Gasteiger partial charge is 0.338 e. The molecule has 0 radical (unpaired) electrons. The number of benzene rings is 1. The molecular weight excluding hydrogens is 222 g/mol. The molecule has 0 atom stereocenters. The van der Waals surface area contributed by atoms with E-state index in [-0.39, 0.29) is 6.54 Å². The first-order valence-corrected chi connectivity index (χ1v) is 6.15. The molecule has 3 rings (SSSR count). The highest BCUT2D eigenvalue weighted by Crippen LogP contribution is 2.36. The van der Waals surface area contributed by atoms with Crippen LogP contribution in [0.1, 0.15) is 11.5 Å². The van der Waals surface area contributed by atoms with Crippen LogP contribution in [0.2, 0.25) is 0 Å². The van der Waals surface area contributed by atoms with E-state index in [1.165, 1.54) is 10.5 Å². The van der Waals surface area contributed by atoms with Crippen LogP contribution in [0.15, 0.2) is 27.6 Å². The molecule has 0 aliphatic carbocycles. The lowest BCUT2D eigenvalue weighted by Crippen LogP contribution is -1.96. The zero-order valence-electron chi connectivity index (χ0n) is 8.64. The third kappa shape index (κ3) is 1.52. The van der Waals surface area contributed by atoms with Crippen LogP contribution < -0.4 is 5.73 Å². The van der Waals surface area contributed by atoms with Crippen LogP contribution in [0, 0.1) is 0 Å². The second kappa shape index (κ2) is 3.92. The van der Waals surface area contributed by atoms with E-state index < -0.39 is 0 Å². The minimum atomic E-state index is 0.288. The topological polar surface area (TPSA) is 64.9 Å². The van der Waals surface area contributed by atoms with Crippen molar-refractivity contribution in [2.24, 2.45) is 5.73 Å². The molecule has 0 spiro atoms. The molecule has 0 fully saturated rings. The highest BCUT2D eigenvalue weighted by atomic mass is 32.2. The van der Waals surface area contributed by atoms with Crippen molar-refractivity contribution in [1.82, 2.24) is 10.1 Å². The molecule has 1 aliphatic rings. The average molecular weight is 233 g/mol. The van der Waals surface area contributed by atoms with Crippen molar-refractivity contribution >= 4 is 11.8 Å². The number of nitrogens with zero attached hydrogens (tertiary/aromatic N) is 2. The monoisotopic (exact) mass is 233 g/mol. The predicted molar refractivity (Wildman–Crippen MR) is 62.1 cm³/mol. The molecule has 1 aromatic carbocycles. The van der Waals surface area contributed by atoms with Crippen molar-refractivity contribution in [3.63, 3.8) is 0 Å². The van der Waals surface area contributed by atoms with Crippen LogP contribution in [0.5, 0.6) is 0 Å². The fourth-order valence-corrected chi connectivity index (χ4v) is 2.97. The summed E-state index contributed by atoms with van der Waals surface area (Å²) in [4.78, 5) is 5.59. The predicted octanol–water partition coefficient (Wildman–Crippen LogP) is 1.84. The summed E-state index contributed by atoms with van der Waals surface area (Å²) in [5, 5.41) is 3.96. The Morgan fingerprint density at radius 3 is 3.19 bits per heavy atom. The molecule has 0 unspecified atom stereocenters. The van der Waals surface area contributed by atoms with Crippen molar-refractivity contribution < 1.29 is 4.52 Å². The molecule has 82 valence electrons. The van der Waals surface area contributed by atoms with E-state index in [1.807, 2.05) is 23.9 Å². The van der Waals surface area contributed by atoms with Gasteiger partial charge in [0.05, 0.1) is 6.54 Å². The van der Waals surface area contributed by atoms with E-state index >= 15 is 0 Å². The van der Waals surface area contributed by atoms with Crippen LogP contribution in [0.3, 0.4) is 0 Å². The van der Waals surface area contributed by atoms with E-state index in [9.17, 15) is 0 Å². The molecule has 2 aromatic rings.